The van der Waals surface area contributed by atoms with Crippen LogP contribution in [0.15, 0.2) is 23.1 Å². The third-order valence-electron chi connectivity index (χ3n) is 2.84. The van der Waals surface area contributed by atoms with E-state index in [2.05, 4.69) is 4.74 Å². The molecule has 7 heteroatoms. The summed E-state index contributed by atoms with van der Waals surface area (Å²) < 4.78 is 30.8. The summed E-state index contributed by atoms with van der Waals surface area (Å²) in [6, 6.07) is 4.32. The van der Waals surface area contributed by atoms with Gasteiger partial charge in [0.1, 0.15) is 11.4 Å². The Morgan fingerprint density at radius 1 is 1.40 bits per heavy atom. The second-order valence-corrected chi connectivity index (χ2v) is 6.62. The quantitative estimate of drug-likeness (QED) is 0.651. The molecule has 0 radical (unpaired) electrons. The molecule has 0 aliphatic rings. The number of methoxy groups -OCH3 is 1. The minimum atomic E-state index is -3.85. The van der Waals surface area contributed by atoms with Gasteiger partial charge in [-0.05, 0) is 38.5 Å². The van der Waals surface area contributed by atoms with Crippen LogP contribution < -0.4 is 5.73 Å². The SMILES string of the molecule is COC(=O)CN(C(C)C)S(=O)(=O)c1ccc(C)cc1N. The first-order chi connectivity index (χ1) is 9.20. The molecule has 0 amide bonds. The van der Waals surface area contributed by atoms with Gasteiger partial charge in [-0.15, -0.1) is 0 Å². The molecular formula is C13H20N2O4S. The van der Waals surface area contributed by atoms with Crippen molar-refractivity contribution in [3.63, 3.8) is 0 Å². The lowest BCUT2D eigenvalue weighted by atomic mass is 10.2. The zero-order valence-electron chi connectivity index (χ0n) is 12.1. The van der Waals surface area contributed by atoms with E-state index in [0.29, 0.717) is 0 Å². The van der Waals surface area contributed by atoms with Crippen LogP contribution in [0.3, 0.4) is 0 Å². The van der Waals surface area contributed by atoms with Gasteiger partial charge in [0.15, 0.2) is 0 Å². The standard InChI is InChI=1S/C13H20N2O4S/c1-9(2)15(8-13(16)19-4)20(17,18)12-6-5-10(3)7-11(12)14/h5-7,9H,8,14H2,1-4H3. The Morgan fingerprint density at radius 3 is 2.45 bits per heavy atom. The van der Waals surface area contributed by atoms with E-state index in [1.807, 2.05) is 6.92 Å². The largest absolute Gasteiger partial charge is 0.468 e. The van der Waals surface area contributed by atoms with Gasteiger partial charge >= 0.3 is 5.97 Å². The highest BCUT2D eigenvalue weighted by molar-refractivity contribution is 7.89. The van der Waals surface area contributed by atoms with Gasteiger partial charge in [0.2, 0.25) is 10.0 Å². The van der Waals surface area contributed by atoms with Crippen LogP contribution in [-0.4, -0.2) is 38.4 Å². The summed E-state index contributed by atoms with van der Waals surface area (Å²) >= 11 is 0. The lowest BCUT2D eigenvalue weighted by Gasteiger charge is -2.25. The number of aryl methyl sites for hydroxylation is 1. The summed E-state index contributed by atoms with van der Waals surface area (Å²) in [5.74, 6) is -0.618. The van der Waals surface area contributed by atoms with Crippen molar-refractivity contribution < 1.29 is 17.9 Å². The maximum Gasteiger partial charge on any atom is 0.321 e. The van der Waals surface area contributed by atoms with Crippen molar-refractivity contribution in [1.29, 1.82) is 0 Å². The number of hydrogen-bond acceptors (Lipinski definition) is 5. The number of carbonyl (C=O) groups excluding carboxylic acids is 1. The maximum atomic E-state index is 12.6. The minimum Gasteiger partial charge on any atom is -0.468 e. The van der Waals surface area contributed by atoms with E-state index < -0.39 is 16.0 Å². The highest BCUT2D eigenvalue weighted by atomic mass is 32.2. The molecular weight excluding hydrogens is 280 g/mol. The van der Waals surface area contributed by atoms with Crippen molar-refractivity contribution in [2.24, 2.45) is 0 Å². The molecule has 0 unspecified atom stereocenters. The van der Waals surface area contributed by atoms with Crippen molar-refractivity contribution >= 4 is 21.7 Å². The molecule has 1 rings (SSSR count). The number of benzene rings is 1. The maximum absolute atomic E-state index is 12.6. The third-order valence-corrected chi connectivity index (χ3v) is 4.94. The van der Waals surface area contributed by atoms with Crippen molar-refractivity contribution in [3.8, 4) is 0 Å². The summed E-state index contributed by atoms with van der Waals surface area (Å²) in [5, 5.41) is 0. The molecule has 0 aliphatic carbocycles. The molecule has 0 aliphatic heterocycles. The number of nitrogens with zero attached hydrogens (tertiary/aromatic N) is 1. The zero-order chi connectivity index (χ0) is 15.5. The van der Waals surface area contributed by atoms with Crippen LogP contribution in [0, 0.1) is 6.92 Å². The van der Waals surface area contributed by atoms with Gasteiger partial charge in [-0.2, -0.15) is 4.31 Å². The Bertz CT molecular complexity index is 596. The number of hydrogen-bond donors (Lipinski definition) is 1. The van der Waals surface area contributed by atoms with Crippen molar-refractivity contribution in [2.75, 3.05) is 19.4 Å². The molecule has 0 bridgehead atoms. The van der Waals surface area contributed by atoms with Crippen molar-refractivity contribution in [2.45, 2.75) is 31.7 Å². The van der Waals surface area contributed by atoms with Crippen molar-refractivity contribution in [3.05, 3.63) is 23.8 Å². The second-order valence-electron chi connectivity index (χ2n) is 4.76. The zero-order valence-corrected chi connectivity index (χ0v) is 12.9. The Labute approximate surface area is 119 Å². The predicted octanol–water partition coefficient (Wildman–Crippen LogP) is 1.15. The molecule has 0 fully saturated rings. The number of nitrogen functional groups attached to an aromatic ring is 1. The summed E-state index contributed by atoms with van der Waals surface area (Å²) in [5.41, 5.74) is 6.82. The van der Waals surface area contributed by atoms with E-state index in [-0.39, 0.29) is 23.2 Å². The van der Waals surface area contributed by atoms with E-state index in [1.165, 1.54) is 13.2 Å². The number of sulfonamides is 1. The number of rotatable bonds is 5. The van der Waals surface area contributed by atoms with Crippen LogP contribution in [0.5, 0.6) is 0 Å². The summed E-state index contributed by atoms with van der Waals surface area (Å²) in [4.78, 5) is 11.4. The van der Waals surface area contributed by atoms with E-state index in [0.717, 1.165) is 9.87 Å². The molecule has 0 saturated carbocycles. The Hall–Kier alpha value is -1.60. The number of carbonyl (C=O) groups is 1. The van der Waals surface area contributed by atoms with E-state index >= 15 is 0 Å². The molecule has 2 N–H and O–H groups in total. The first-order valence-electron chi connectivity index (χ1n) is 6.15. The lowest BCUT2D eigenvalue weighted by molar-refractivity contribution is -0.141. The van der Waals surface area contributed by atoms with Gasteiger partial charge in [0.25, 0.3) is 0 Å². The first-order valence-corrected chi connectivity index (χ1v) is 7.59. The van der Waals surface area contributed by atoms with E-state index in [1.54, 1.807) is 26.0 Å². The molecule has 0 heterocycles. The number of anilines is 1. The fourth-order valence-electron chi connectivity index (χ4n) is 1.77. The normalized spacial score (nSPS) is 11.9. The van der Waals surface area contributed by atoms with Gasteiger partial charge < -0.3 is 10.5 Å². The number of ether oxygens (including phenoxy) is 1. The molecule has 1 aromatic rings. The average molecular weight is 300 g/mol. The summed E-state index contributed by atoms with van der Waals surface area (Å²) in [7, 11) is -2.63. The average Bonchev–Trinajstić information content (AvgIpc) is 2.34. The molecule has 20 heavy (non-hydrogen) atoms. The van der Waals surface area contributed by atoms with Crippen molar-refractivity contribution in [1.82, 2.24) is 4.31 Å². The molecule has 0 spiro atoms. The minimum absolute atomic E-state index is 0.000651. The summed E-state index contributed by atoms with van der Waals surface area (Å²) in [6.45, 7) is 4.85. The lowest BCUT2D eigenvalue weighted by Crippen LogP contribution is -2.41. The highest BCUT2D eigenvalue weighted by Crippen LogP contribution is 2.24. The molecule has 6 nitrogen and oxygen atoms in total. The van der Waals surface area contributed by atoms with E-state index in [4.69, 9.17) is 5.73 Å². The molecule has 1 aromatic carbocycles. The van der Waals surface area contributed by atoms with Crippen LogP contribution in [0.25, 0.3) is 0 Å². The second kappa shape index (κ2) is 6.23. The fourth-order valence-corrected chi connectivity index (χ4v) is 3.45. The smallest absolute Gasteiger partial charge is 0.321 e. The van der Waals surface area contributed by atoms with E-state index in [9.17, 15) is 13.2 Å². The topological polar surface area (TPSA) is 89.7 Å². The van der Waals surface area contributed by atoms with Crippen LogP contribution >= 0.6 is 0 Å². The van der Waals surface area contributed by atoms with Crippen LogP contribution in [0.2, 0.25) is 0 Å². The molecule has 0 atom stereocenters. The van der Waals surface area contributed by atoms with Gasteiger partial charge in [0, 0.05) is 6.04 Å². The van der Waals surface area contributed by atoms with Crippen LogP contribution in [0.4, 0.5) is 5.69 Å². The number of esters is 1. The van der Waals surface area contributed by atoms with Gasteiger partial charge in [-0.25, -0.2) is 8.42 Å². The molecule has 112 valence electrons. The Kier molecular flexibility index (Phi) is 5.13. The highest BCUT2D eigenvalue weighted by Gasteiger charge is 2.30. The predicted molar refractivity (Wildman–Crippen MR) is 76.6 cm³/mol. The Balaban J connectivity index is 3.26. The van der Waals surface area contributed by atoms with Gasteiger partial charge in [0.05, 0.1) is 12.8 Å². The van der Waals surface area contributed by atoms with Gasteiger partial charge in [-0.3, -0.25) is 4.79 Å². The third kappa shape index (κ3) is 3.49. The first kappa shape index (κ1) is 16.5. The summed E-state index contributed by atoms with van der Waals surface area (Å²) in [6.07, 6.45) is 0. The van der Waals surface area contributed by atoms with Crippen LogP contribution in [-0.2, 0) is 19.6 Å². The van der Waals surface area contributed by atoms with Gasteiger partial charge in [-0.1, -0.05) is 6.07 Å². The fraction of sp³-hybridized carbons (Fsp3) is 0.462. The number of nitrogens with two attached hydrogens (primary N) is 1. The molecule has 0 saturated heterocycles. The monoisotopic (exact) mass is 300 g/mol. The molecule has 0 aromatic heterocycles. The van der Waals surface area contributed by atoms with Crippen LogP contribution in [0.1, 0.15) is 19.4 Å². The Morgan fingerprint density at radius 2 is 2.00 bits per heavy atom.